The molecule has 0 aliphatic heterocycles. The Morgan fingerprint density at radius 2 is 2.12 bits per heavy atom. The quantitative estimate of drug-likeness (QED) is 0.793. The molecule has 3 aromatic rings. The minimum Gasteiger partial charge on any atom is -0.289 e. The van der Waals surface area contributed by atoms with Gasteiger partial charge >= 0.3 is 0 Å². The fraction of sp³-hybridized carbons (Fsp3) is 0.278. The first kappa shape index (κ1) is 15.4. The lowest BCUT2D eigenvalue weighted by Crippen LogP contribution is -2.18. The fourth-order valence-electron chi connectivity index (χ4n) is 2.74. The molecule has 0 spiro atoms. The molecule has 7 nitrogen and oxygen atoms in total. The van der Waals surface area contributed by atoms with E-state index in [4.69, 9.17) is 0 Å². The number of nitrogens with zero attached hydrogens (tertiary/aromatic N) is 5. The second kappa shape index (κ2) is 6.08. The van der Waals surface area contributed by atoms with Crippen molar-refractivity contribution in [2.45, 2.75) is 25.7 Å². The molecule has 7 heteroatoms. The Morgan fingerprint density at radius 3 is 2.84 bits per heavy atom. The Balaban J connectivity index is 1.58. The molecule has 0 bridgehead atoms. The van der Waals surface area contributed by atoms with Gasteiger partial charge in [0.05, 0.1) is 5.69 Å². The fourth-order valence-corrected chi connectivity index (χ4v) is 2.74. The zero-order valence-corrected chi connectivity index (χ0v) is 14.1. The van der Waals surface area contributed by atoms with E-state index in [1.54, 1.807) is 30.2 Å². The first-order chi connectivity index (χ1) is 12.1. The predicted molar refractivity (Wildman–Crippen MR) is 93.1 cm³/mol. The van der Waals surface area contributed by atoms with E-state index in [0.717, 1.165) is 29.8 Å². The van der Waals surface area contributed by atoms with Crippen LogP contribution in [0.3, 0.4) is 0 Å². The maximum absolute atomic E-state index is 12.6. The lowest BCUT2D eigenvalue weighted by Gasteiger charge is -2.06. The molecule has 3 heterocycles. The summed E-state index contributed by atoms with van der Waals surface area (Å²) in [6.45, 7) is 1.91. The molecule has 0 unspecified atom stereocenters. The largest absolute Gasteiger partial charge is 0.289 e. The molecule has 1 aliphatic carbocycles. The number of carbonyl (C=O) groups excluding carboxylic acids is 1. The normalized spacial score (nSPS) is 13.7. The summed E-state index contributed by atoms with van der Waals surface area (Å²) < 4.78 is 1.55. The van der Waals surface area contributed by atoms with Gasteiger partial charge in [0.15, 0.2) is 0 Å². The predicted octanol–water partition coefficient (Wildman–Crippen LogP) is 2.71. The first-order valence-electron chi connectivity index (χ1n) is 8.21. The maximum atomic E-state index is 12.6. The van der Waals surface area contributed by atoms with E-state index in [2.05, 4.69) is 25.4 Å². The molecule has 1 saturated carbocycles. The minimum atomic E-state index is -0.280. The number of nitrogens with one attached hydrogen (secondary N) is 1. The van der Waals surface area contributed by atoms with E-state index in [1.165, 1.54) is 0 Å². The van der Waals surface area contributed by atoms with Crippen LogP contribution in [0.4, 0.5) is 5.95 Å². The van der Waals surface area contributed by atoms with Gasteiger partial charge < -0.3 is 0 Å². The number of rotatable bonds is 4. The number of hydrogen-bond donors (Lipinski definition) is 1. The Labute approximate surface area is 145 Å². The lowest BCUT2D eigenvalue weighted by molar-refractivity contribution is 0.101. The van der Waals surface area contributed by atoms with E-state index >= 15 is 0 Å². The molecule has 25 heavy (non-hydrogen) atoms. The van der Waals surface area contributed by atoms with Gasteiger partial charge in [-0.2, -0.15) is 5.10 Å². The number of anilines is 1. The van der Waals surface area contributed by atoms with Crippen molar-refractivity contribution in [3.8, 4) is 11.3 Å². The summed E-state index contributed by atoms with van der Waals surface area (Å²) in [7, 11) is 1.74. The molecular weight excluding hydrogens is 316 g/mol. The van der Waals surface area contributed by atoms with Crippen LogP contribution >= 0.6 is 0 Å². The van der Waals surface area contributed by atoms with E-state index in [-0.39, 0.29) is 5.91 Å². The van der Waals surface area contributed by atoms with Crippen molar-refractivity contribution in [1.29, 1.82) is 0 Å². The van der Waals surface area contributed by atoms with Crippen molar-refractivity contribution in [2.75, 3.05) is 5.32 Å². The smallest absolute Gasteiger partial charge is 0.276 e. The highest BCUT2D eigenvalue weighted by atomic mass is 16.2. The van der Waals surface area contributed by atoms with Crippen molar-refractivity contribution >= 4 is 11.9 Å². The minimum absolute atomic E-state index is 0.280. The van der Waals surface area contributed by atoms with Crippen LogP contribution in [0.5, 0.6) is 0 Å². The van der Waals surface area contributed by atoms with Gasteiger partial charge in [-0.25, -0.2) is 9.97 Å². The lowest BCUT2D eigenvalue weighted by atomic mass is 10.2. The molecule has 0 radical (unpaired) electrons. The zero-order valence-electron chi connectivity index (χ0n) is 14.1. The number of hydrogen-bond acceptors (Lipinski definition) is 5. The van der Waals surface area contributed by atoms with Gasteiger partial charge in [-0.15, -0.1) is 0 Å². The van der Waals surface area contributed by atoms with E-state index in [1.807, 2.05) is 25.1 Å². The third kappa shape index (κ3) is 3.26. The van der Waals surface area contributed by atoms with Crippen LogP contribution in [-0.2, 0) is 7.05 Å². The second-order valence-corrected chi connectivity index (χ2v) is 6.27. The van der Waals surface area contributed by atoms with Gasteiger partial charge in [0, 0.05) is 42.3 Å². The van der Waals surface area contributed by atoms with Crippen LogP contribution in [-0.4, -0.2) is 30.6 Å². The Kier molecular flexibility index (Phi) is 3.76. The van der Waals surface area contributed by atoms with E-state index < -0.39 is 0 Å². The summed E-state index contributed by atoms with van der Waals surface area (Å²) in [5.74, 6) is 0.569. The molecule has 4 rings (SSSR count). The molecule has 3 aromatic heterocycles. The van der Waals surface area contributed by atoms with Gasteiger partial charge in [-0.05, 0) is 44.0 Å². The van der Waals surface area contributed by atoms with E-state index in [9.17, 15) is 4.79 Å². The summed E-state index contributed by atoms with van der Waals surface area (Å²) in [5, 5.41) is 7.18. The van der Waals surface area contributed by atoms with Gasteiger partial charge in [0.1, 0.15) is 5.69 Å². The Morgan fingerprint density at radius 1 is 1.28 bits per heavy atom. The highest BCUT2D eigenvalue weighted by Crippen LogP contribution is 2.39. The number of aryl methyl sites for hydroxylation is 2. The maximum Gasteiger partial charge on any atom is 0.276 e. The van der Waals surface area contributed by atoms with Gasteiger partial charge in [-0.3, -0.25) is 19.8 Å². The molecule has 0 saturated heterocycles. The topological polar surface area (TPSA) is 85.6 Å². The number of pyridine rings is 1. The van der Waals surface area contributed by atoms with Crippen molar-refractivity contribution in [1.82, 2.24) is 24.7 Å². The standard InChI is InChI=1S/C18H18N6O/c1-11-8-14(12-5-6-12)21-18(20-11)22-17(25)16-9-15(23-24(16)2)13-4-3-7-19-10-13/h3-4,7-10,12H,5-6H2,1-2H3,(H,20,21,22,25). The van der Waals surface area contributed by atoms with E-state index in [0.29, 0.717) is 23.3 Å². The molecule has 1 aliphatic rings. The molecule has 126 valence electrons. The van der Waals surface area contributed by atoms with Gasteiger partial charge in [0.2, 0.25) is 5.95 Å². The van der Waals surface area contributed by atoms with Crippen molar-refractivity contribution in [2.24, 2.45) is 7.05 Å². The van der Waals surface area contributed by atoms with Gasteiger partial charge in [0.25, 0.3) is 5.91 Å². The van der Waals surface area contributed by atoms with Crippen LogP contribution in [0.25, 0.3) is 11.3 Å². The monoisotopic (exact) mass is 334 g/mol. The van der Waals surface area contributed by atoms with Crippen LogP contribution in [0.2, 0.25) is 0 Å². The van der Waals surface area contributed by atoms with Crippen molar-refractivity contribution in [3.05, 3.63) is 53.7 Å². The molecular formula is C18H18N6O. The molecule has 0 aromatic carbocycles. The molecule has 0 atom stereocenters. The van der Waals surface area contributed by atoms with Crippen LogP contribution < -0.4 is 5.32 Å². The van der Waals surface area contributed by atoms with Crippen LogP contribution in [0.1, 0.15) is 40.6 Å². The van der Waals surface area contributed by atoms with Crippen molar-refractivity contribution in [3.63, 3.8) is 0 Å². The average molecular weight is 334 g/mol. The summed E-state index contributed by atoms with van der Waals surface area (Å²) in [6.07, 6.45) is 5.72. The Bertz CT molecular complexity index is 930. The third-order valence-corrected chi connectivity index (χ3v) is 4.16. The number of aromatic nitrogens is 5. The zero-order chi connectivity index (χ0) is 17.4. The van der Waals surface area contributed by atoms with Crippen molar-refractivity contribution < 1.29 is 4.79 Å². The summed E-state index contributed by atoms with van der Waals surface area (Å²) in [6, 6.07) is 7.47. The number of carbonyl (C=O) groups is 1. The Hall–Kier alpha value is -3.09. The first-order valence-corrected chi connectivity index (χ1v) is 8.21. The number of amides is 1. The molecule has 1 amide bonds. The second-order valence-electron chi connectivity index (χ2n) is 6.27. The molecule has 1 N–H and O–H groups in total. The molecule has 1 fully saturated rings. The summed E-state index contributed by atoms with van der Waals surface area (Å²) >= 11 is 0. The van der Waals surface area contributed by atoms with Crippen LogP contribution in [0.15, 0.2) is 36.7 Å². The summed E-state index contributed by atoms with van der Waals surface area (Å²) in [4.78, 5) is 25.5. The highest BCUT2D eigenvalue weighted by Gasteiger charge is 2.26. The van der Waals surface area contributed by atoms with Crippen LogP contribution in [0, 0.1) is 6.92 Å². The SMILES string of the molecule is Cc1cc(C2CC2)nc(NC(=O)c2cc(-c3cccnc3)nn2C)n1. The average Bonchev–Trinajstić information content (AvgIpc) is 3.37. The third-order valence-electron chi connectivity index (χ3n) is 4.16. The summed E-state index contributed by atoms with van der Waals surface area (Å²) in [5.41, 5.74) is 3.86. The highest BCUT2D eigenvalue weighted by molar-refractivity contribution is 6.02. The van der Waals surface area contributed by atoms with Gasteiger partial charge in [-0.1, -0.05) is 0 Å².